The lowest BCUT2D eigenvalue weighted by Gasteiger charge is -2.27. The lowest BCUT2D eigenvalue weighted by Crippen LogP contribution is -2.49. The Bertz CT molecular complexity index is 1130. The first-order chi connectivity index (χ1) is 16.4. The van der Waals surface area contributed by atoms with E-state index < -0.39 is 10.0 Å². The van der Waals surface area contributed by atoms with E-state index in [2.05, 4.69) is 5.32 Å². The van der Waals surface area contributed by atoms with Gasteiger partial charge >= 0.3 is 0 Å². The number of rotatable bonds is 8. The summed E-state index contributed by atoms with van der Waals surface area (Å²) in [5.74, 6) is 0.173. The van der Waals surface area contributed by atoms with Crippen LogP contribution in [0.1, 0.15) is 28.8 Å². The summed E-state index contributed by atoms with van der Waals surface area (Å²) < 4.78 is 38.0. The molecule has 182 valence electrons. The van der Waals surface area contributed by atoms with Crippen LogP contribution in [0.5, 0.6) is 5.75 Å². The summed E-state index contributed by atoms with van der Waals surface area (Å²) in [6.45, 7) is 1.78. The van der Waals surface area contributed by atoms with E-state index in [0.29, 0.717) is 31.0 Å². The molecule has 10 heteroatoms. The highest BCUT2D eigenvalue weighted by atomic mass is 32.2. The van der Waals surface area contributed by atoms with Crippen molar-refractivity contribution in [3.05, 3.63) is 59.7 Å². The van der Waals surface area contributed by atoms with E-state index in [-0.39, 0.29) is 42.4 Å². The van der Waals surface area contributed by atoms with Crippen LogP contribution in [-0.4, -0.2) is 75.4 Å². The van der Waals surface area contributed by atoms with E-state index in [9.17, 15) is 18.0 Å². The summed E-state index contributed by atoms with van der Waals surface area (Å²) in [6, 6.07) is 13.4. The monoisotopic (exact) mass is 487 g/mol. The average Bonchev–Trinajstić information content (AvgIpc) is 3.36. The molecule has 2 heterocycles. The zero-order valence-corrected chi connectivity index (χ0v) is 19.9. The SMILES string of the molecule is COc1cccc(CN(CC2CCCO2)C(=O)c2ccc(S(=O)(=O)N3CCNC(=O)C3)cc2)c1. The van der Waals surface area contributed by atoms with Crippen molar-refractivity contribution in [2.24, 2.45) is 0 Å². The highest BCUT2D eigenvalue weighted by Gasteiger charge is 2.30. The number of ether oxygens (including phenoxy) is 2. The molecule has 0 spiro atoms. The van der Waals surface area contributed by atoms with Gasteiger partial charge in [0.05, 0.1) is 24.7 Å². The van der Waals surface area contributed by atoms with Crippen LogP contribution in [-0.2, 0) is 26.1 Å². The number of hydrogen-bond donors (Lipinski definition) is 1. The number of amides is 2. The van der Waals surface area contributed by atoms with Gasteiger partial charge in [0.25, 0.3) is 5.91 Å². The van der Waals surface area contributed by atoms with Gasteiger partial charge in [-0.2, -0.15) is 4.31 Å². The molecule has 1 N–H and O–H groups in total. The number of benzene rings is 2. The largest absolute Gasteiger partial charge is 0.497 e. The third-order valence-electron chi connectivity index (χ3n) is 5.99. The standard InChI is InChI=1S/C24H29N3O6S/c1-32-20-5-2-4-18(14-20)15-26(16-21-6-3-13-33-21)24(29)19-7-9-22(10-8-19)34(30,31)27-12-11-25-23(28)17-27/h2,4-5,7-10,14,21H,3,6,11-13,15-17H2,1H3,(H,25,28). The molecule has 0 radical (unpaired) electrons. The fraction of sp³-hybridized carbons (Fsp3) is 0.417. The average molecular weight is 488 g/mol. The second-order valence-electron chi connectivity index (χ2n) is 8.39. The highest BCUT2D eigenvalue weighted by molar-refractivity contribution is 7.89. The lowest BCUT2D eigenvalue weighted by atomic mass is 10.1. The Kier molecular flexibility index (Phi) is 7.50. The Morgan fingerprint density at radius 1 is 1.24 bits per heavy atom. The molecule has 2 fully saturated rings. The molecular weight excluding hydrogens is 458 g/mol. The summed E-state index contributed by atoms with van der Waals surface area (Å²) in [5, 5.41) is 2.62. The maximum atomic E-state index is 13.4. The van der Waals surface area contributed by atoms with Crippen LogP contribution in [0.15, 0.2) is 53.4 Å². The zero-order valence-electron chi connectivity index (χ0n) is 19.1. The molecule has 4 rings (SSSR count). The van der Waals surface area contributed by atoms with Gasteiger partial charge in [-0.1, -0.05) is 12.1 Å². The molecule has 2 aliphatic heterocycles. The first-order valence-corrected chi connectivity index (χ1v) is 12.7. The van der Waals surface area contributed by atoms with Crippen molar-refractivity contribution >= 4 is 21.8 Å². The van der Waals surface area contributed by atoms with Crippen molar-refractivity contribution in [1.29, 1.82) is 0 Å². The van der Waals surface area contributed by atoms with Crippen molar-refractivity contribution in [2.45, 2.75) is 30.4 Å². The lowest BCUT2D eigenvalue weighted by molar-refractivity contribution is -0.122. The summed E-state index contributed by atoms with van der Waals surface area (Å²) in [5.41, 5.74) is 1.31. The van der Waals surface area contributed by atoms with Crippen LogP contribution < -0.4 is 10.1 Å². The molecule has 2 saturated heterocycles. The molecule has 34 heavy (non-hydrogen) atoms. The van der Waals surface area contributed by atoms with E-state index in [0.717, 1.165) is 22.7 Å². The van der Waals surface area contributed by atoms with E-state index in [1.807, 2.05) is 24.3 Å². The fourth-order valence-electron chi connectivity index (χ4n) is 4.17. The molecule has 1 atom stereocenters. The number of sulfonamides is 1. The van der Waals surface area contributed by atoms with Gasteiger partial charge in [-0.15, -0.1) is 0 Å². The third-order valence-corrected chi connectivity index (χ3v) is 7.84. The fourth-order valence-corrected chi connectivity index (χ4v) is 5.56. The molecule has 1 unspecified atom stereocenters. The van der Waals surface area contributed by atoms with E-state index in [1.165, 1.54) is 24.3 Å². The summed E-state index contributed by atoms with van der Waals surface area (Å²) in [4.78, 5) is 26.8. The molecule has 2 aliphatic rings. The Hall–Kier alpha value is -2.95. The summed E-state index contributed by atoms with van der Waals surface area (Å²) in [6.07, 6.45) is 1.83. The maximum absolute atomic E-state index is 13.4. The predicted octanol–water partition coefficient (Wildman–Crippen LogP) is 1.64. The predicted molar refractivity (Wildman–Crippen MR) is 125 cm³/mol. The van der Waals surface area contributed by atoms with E-state index in [4.69, 9.17) is 9.47 Å². The van der Waals surface area contributed by atoms with Crippen LogP contribution in [0.3, 0.4) is 0 Å². The Labute approximate surface area is 199 Å². The number of methoxy groups -OCH3 is 1. The molecule has 9 nitrogen and oxygen atoms in total. The Balaban J connectivity index is 1.53. The van der Waals surface area contributed by atoms with Gasteiger partial charge in [-0.25, -0.2) is 8.42 Å². The number of hydrogen-bond acceptors (Lipinski definition) is 6. The normalized spacial score (nSPS) is 19.0. The quantitative estimate of drug-likeness (QED) is 0.607. The number of nitrogens with zero attached hydrogens (tertiary/aromatic N) is 2. The first kappa shape index (κ1) is 24.2. The van der Waals surface area contributed by atoms with Crippen molar-refractivity contribution in [3.8, 4) is 5.75 Å². The van der Waals surface area contributed by atoms with Crippen LogP contribution in [0.25, 0.3) is 0 Å². The molecule has 2 aromatic rings. The third kappa shape index (κ3) is 5.57. The second-order valence-corrected chi connectivity index (χ2v) is 10.3. The molecule has 0 saturated carbocycles. The van der Waals surface area contributed by atoms with Crippen molar-refractivity contribution in [1.82, 2.24) is 14.5 Å². The molecule has 2 amide bonds. The van der Waals surface area contributed by atoms with Gasteiger partial charge < -0.3 is 19.7 Å². The topological polar surface area (TPSA) is 105 Å². The van der Waals surface area contributed by atoms with E-state index >= 15 is 0 Å². The Morgan fingerprint density at radius 3 is 2.71 bits per heavy atom. The molecule has 0 aromatic heterocycles. The van der Waals surface area contributed by atoms with E-state index in [1.54, 1.807) is 12.0 Å². The number of nitrogens with one attached hydrogen (secondary N) is 1. The number of piperazine rings is 1. The first-order valence-electron chi connectivity index (χ1n) is 11.3. The van der Waals surface area contributed by atoms with Crippen LogP contribution in [0.2, 0.25) is 0 Å². The minimum atomic E-state index is -3.82. The van der Waals surface area contributed by atoms with Crippen molar-refractivity contribution in [2.75, 3.05) is 39.9 Å². The molecular formula is C24H29N3O6S. The van der Waals surface area contributed by atoms with Gasteiger partial charge in [0.15, 0.2) is 0 Å². The molecule has 0 aliphatic carbocycles. The minimum Gasteiger partial charge on any atom is -0.497 e. The number of carbonyl (C=O) groups is 2. The van der Waals surface area contributed by atoms with Gasteiger partial charge in [0.2, 0.25) is 15.9 Å². The van der Waals surface area contributed by atoms with Crippen molar-refractivity contribution < 1.29 is 27.5 Å². The van der Waals surface area contributed by atoms with Crippen LogP contribution in [0.4, 0.5) is 0 Å². The van der Waals surface area contributed by atoms with Gasteiger partial charge in [0.1, 0.15) is 5.75 Å². The second kappa shape index (κ2) is 10.5. The number of carbonyl (C=O) groups excluding carboxylic acids is 2. The molecule has 2 aromatic carbocycles. The molecule has 0 bridgehead atoms. The Morgan fingerprint density at radius 2 is 2.03 bits per heavy atom. The minimum absolute atomic E-state index is 0.0283. The summed E-state index contributed by atoms with van der Waals surface area (Å²) >= 11 is 0. The summed E-state index contributed by atoms with van der Waals surface area (Å²) in [7, 11) is -2.22. The highest BCUT2D eigenvalue weighted by Crippen LogP contribution is 2.21. The van der Waals surface area contributed by atoms with Gasteiger partial charge in [0, 0.05) is 38.3 Å². The maximum Gasteiger partial charge on any atom is 0.254 e. The van der Waals surface area contributed by atoms with Crippen molar-refractivity contribution in [3.63, 3.8) is 0 Å². The van der Waals surface area contributed by atoms with Gasteiger partial charge in [-0.3, -0.25) is 9.59 Å². The van der Waals surface area contributed by atoms with Crippen LogP contribution in [0, 0.1) is 0 Å². The zero-order chi connectivity index (χ0) is 24.1. The van der Waals surface area contributed by atoms with Crippen LogP contribution >= 0.6 is 0 Å². The smallest absolute Gasteiger partial charge is 0.254 e. The van der Waals surface area contributed by atoms with Gasteiger partial charge in [-0.05, 0) is 54.8 Å².